The van der Waals surface area contributed by atoms with E-state index in [1.807, 2.05) is 86.6 Å². The summed E-state index contributed by atoms with van der Waals surface area (Å²) in [6, 6.07) is 21.3. The van der Waals surface area contributed by atoms with Crippen molar-refractivity contribution in [1.82, 2.24) is 0 Å². The second-order valence-corrected chi connectivity index (χ2v) is 9.70. The summed E-state index contributed by atoms with van der Waals surface area (Å²) in [5.74, 6) is -1.66. The number of aliphatic hydroxyl groups is 1. The van der Waals surface area contributed by atoms with Gasteiger partial charge in [-0.3, -0.25) is 14.5 Å². The molecular formula is C28H23BrN2O4. The molecule has 2 heterocycles. The van der Waals surface area contributed by atoms with Crippen molar-refractivity contribution >= 4 is 50.0 Å². The molecule has 0 bridgehead atoms. The highest BCUT2D eigenvalue weighted by Crippen LogP contribution is 2.43. The number of ketones is 1. The van der Waals surface area contributed by atoms with E-state index in [2.05, 4.69) is 15.9 Å². The topological polar surface area (TPSA) is 74.0 Å². The lowest BCUT2D eigenvalue weighted by Gasteiger charge is -2.27. The van der Waals surface area contributed by atoms with E-state index in [0.717, 1.165) is 26.7 Å². The first-order valence-corrected chi connectivity index (χ1v) is 11.9. The predicted molar refractivity (Wildman–Crippen MR) is 140 cm³/mol. The maximum atomic E-state index is 13.7. The number of amides is 1. The van der Waals surface area contributed by atoms with Crippen molar-refractivity contribution in [2.75, 3.05) is 23.9 Å². The number of rotatable bonds is 5. The first kappa shape index (κ1) is 22.9. The Morgan fingerprint density at radius 3 is 2.46 bits per heavy atom. The van der Waals surface area contributed by atoms with E-state index in [0.29, 0.717) is 11.3 Å². The number of furan rings is 1. The number of aliphatic hydroxyl groups excluding tert-OH is 1. The molecule has 1 N–H and O–H groups in total. The van der Waals surface area contributed by atoms with Crippen LogP contribution < -0.4 is 9.80 Å². The van der Waals surface area contributed by atoms with Crippen LogP contribution in [-0.2, 0) is 4.79 Å². The van der Waals surface area contributed by atoms with Crippen molar-refractivity contribution in [3.8, 4) is 0 Å². The molecule has 1 aliphatic heterocycles. The minimum atomic E-state index is -0.806. The van der Waals surface area contributed by atoms with Crippen LogP contribution in [0.25, 0.3) is 11.0 Å². The standard InChI is InChI=1S/C28H23BrN2O4/c1-16-5-4-6-17(13-16)25-24(26(32)23-15-18-14-19(29)7-12-22(18)35-23)27(33)28(34)31(25)21-10-8-20(9-11-21)30(2)3/h4-15,25,33H,1-3H3. The van der Waals surface area contributed by atoms with Gasteiger partial charge in [-0.15, -0.1) is 0 Å². The lowest BCUT2D eigenvalue weighted by atomic mass is 9.94. The number of carbonyl (C=O) groups excluding carboxylic acids is 2. The van der Waals surface area contributed by atoms with Crippen molar-refractivity contribution in [2.24, 2.45) is 0 Å². The highest BCUT2D eigenvalue weighted by Gasteiger charge is 2.45. The summed E-state index contributed by atoms with van der Waals surface area (Å²) >= 11 is 3.43. The van der Waals surface area contributed by atoms with Crippen LogP contribution in [0.3, 0.4) is 0 Å². The van der Waals surface area contributed by atoms with E-state index < -0.39 is 23.5 Å². The van der Waals surface area contributed by atoms with Crippen LogP contribution in [0.2, 0.25) is 0 Å². The molecule has 35 heavy (non-hydrogen) atoms. The first-order valence-electron chi connectivity index (χ1n) is 11.1. The minimum Gasteiger partial charge on any atom is -0.503 e. The number of benzene rings is 3. The summed E-state index contributed by atoms with van der Waals surface area (Å²) in [6.07, 6.45) is 0. The van der Waals surface area contributed by atoms with E-state index in [1.54, 1.807) is 12.1 Å². The Bertz CT molecular complexity index is 1500. The zero-order valence-electron chi connectivity index (χ0n) is 19.4. The van der Waals surface area contributed by atoms with Crippen LogP contribution in [0.5, 0.6) is 0 Å². The Kier molecular flexibility index (Phi) is 5.73. The van der Waals surface area contributed by atoms with Gasteiger partial charge in [0.15, 0.2) is 11.5 Å². The predicted octanol–water partition coefficient (Wildman–Crippen LogP) is 6.35. The molecule has 0 saturated carbocycles. The van der Waals surface area contributed by atoms with Crippen molar-refractivity contribution in [3.63, 3.8) is 0 Å². The number of hydrogen-bond donors (Lipinski definition) is 1. The van der Waals surface area contributed by atoms with E-state index in [1.165, 1.54) is 4.90 Å². The number of anilines is 2. The van der Waals surface area contributed by atoms with Gasteiger partial charge in [-0.2, -0.15) is 0 Å². The Morgan fingerprint density at radius 1 is 1.03 bits per heavy atom. The average Bonchev–Trinajstić information content (AvgIpc) is 3.37. The van der Waals surface area contributed by atoms with Crippen molar-refractivity contribution in [1.29, 1.82) is 0 Å². The van der Waals surface area contributed by atoms with Gasteiger partial charge >= 0.3 is 0 Å². The molecule has 0 fully saturated rings. The van der Waals surface area contributed by atoms with Crippen molar-refractivity contribution < 1.29 is 19.1 Å². The van der Waals surface area contributed by atoms with Crippen LogP contribution in [0.4, 0.5) is 11.4 Å². The molecule has 176 valence electrons. The van der Waals surface area contributed by atoms with E-state index in [9.17, 15) is 14.7 Å². The molecule has 1 aromatic heterocycles. The molecule has 1 unspecified atom stereocenters. The third kappa shape index (κ3) is 4.02. The summed E-state index contributed by atoms with van der Waals surface area (Å²) in [5.41, 5.74) is 3.79. The summed E-state index contributed by atoms with van der Waals surface area (Å²) in [5, 5.41) is 11.7. The highest BCUT2D eigenvalue weighted by atomic mass is 79.9. The molecule has 1 aliphatic rings. The monoisotopic (exact) mass is 530 g/mol. The number of hydrogen-bond acceptors (Lipinski definition) is 5. The lowest BCUT2D eigenvalue weighted by Crippen LogP contribution is -2.31. The summed E-state index contributed by atoms with van der Waals surface area (Å²) in [7, 11) is 3.86. The highest BCUT2D eigenvalue weighted by molar-refractivity contribution is 9.10. The van der Waals surface area contributed by atoms with Gasteiger partial charge in [0.05, 0.1) is 11.6 Å². The third-order valence-corrected chi connectivity index (χ3v) is 6.65. The molecule has 0 radical (unpaired) electrons. The first-order chi connectivity index (χ1) is 16.7. The largest absolute Gasteiger partial charge is 0.503 e. The van der Waals surface area contributed by atoms with Gasteiger partial charge in [-0.05, 0) is 61.0 Å². The maximum Gasteiger partial charge on any atom is 0.294 e. The summed E-state index contributed by atoms with van der Waals surface area (Å²) < 4.78 is 6.68. The normalized spacial score (nSPS) is 15.8. The van der Waals surface area contributed by atoms with Crippen molar-refractivity contribution in [3.05, 3.63) is 105 Å². The van der Waals surface area contributed by atoms with Gasteiger partial charge < -0.3 is 14.4 Å². The quantitative estimate of drug-likeness (QED) is 0.304. The van der Waals surface area contributed by atoms with E-state index in [-0.39, 0.29) is 11.3 Å². The van der Waals surface area contributed by atoms with Gasteiger partial charge in [-0.25, -0.2) is 0 Å². The average molecular weight is 531 g/mol. The zero-order valence-corrected chi connectivity index (χ0v) is 21.0. The molecule has 3 aromatic carbocycles. The number of Topliss-reactive ketones (excluding diaryl/α,β-unsaturated/α-hetero) is 1. The Hall–Kier alpha value is -3.84. The number of carbonyl (C=O) groups is 2. The smallest absolute Gasteiger partial charge is 0.294 e. The minimum absolute atomic E-state index is 0.00425. The molecule has 6 nitrogen and oxygen atoms in total. The second-order valence-electron chi connectivity index (χ2n) is 8.79. The Balaban J connectivity index is 1.64. The van der Waals surface area contributed by atoms with E-state index >= 15 is 0 Å². The Morgan fingerprint density at radius 2 is 1.77 bits per heavy atom. The Labute approximate surface area is 211 Å². The fourth-order valence-electron chi connectivity index (χ4n) is 4.43. The third-order valence-electron chi connectivity index (χ3n) is 6.16. The fourth-order valence-corrected chi connectivity index (χ4v) is 4.81. The number of aryl methyl sites for hydroxylation is 1. The number of fused-ring (bicyclic) bond motifs is 1. The summed E-state index contributed by atoms with van der Waals surface area (Å²) in [6.45, 7) is 1.94. The second kappa shape index (κ2) is 8.74. The molecule has 1 amide bonds. The van der Waals surface area contributed by atoms with Crippen LogP contribution in [0.1, 0.15) is 27.7 Å². The molecule has 4 aromatic rings. The zero-order chi connectivity index (χ0) is 24.9. The van der Waals surface area contributed by atoms with E-state index in [4.69, 9.17) is 4.42 Å². The molecule has 0 aliphatic carbocycles. The van der Waals surface area contributed by atoms with Gasteiger partial charge in [0.2, 0.25) is 5.78 Å². The van der Waals surface area contributed by atoms with Gasteiger partial charge in [0.1, 0.15) is 5.58 Å². The van der Waals surface area contributed by atoms with Crippen molar-refractivity contribution in [2.45, 2.75) is 13.0 Å². The molecular weight excluding hydrogens is 508 g/mol. The molecule has 0 spiro atoms. The summed E-state index contributed by atoms with van der Waals surface area (Å²) in [4.78, 5) is 30.5. The van der Waals surface area contributed by atoms with Gasteiger partial charge in [0.25, 0.3) is 5.91 Å². The fraction of sp³-hybridized carbons (Fsp3) is 0.143. The van der Waals surface area contributed by atoms with Gasteiger partial charge in [0, 0.05) is 35.3 Å². The lowest BCUT2D eigenvalue weighted by molar-refractivity contribution is -0.117. The molecule has 1 atom stereocenters. The van der Waals surface area contributed by atoms with Gasteiger partial charge in [-0.1, -0.05) is 45.8 Å². The van der Waals surface area contributed by atoms with Crippen LogP contribution in [0.15, 0.2) is 93.0 Å². The maximum absolute atomic E-state index is 13.7. The van der Waals surface area contributed by atoms with Crippen LogP contribution in [0, 0.1) is 6.92 Å². The molecule has 7 heteroatoms. The number of nitrogens with zero attached hydrogens (tertiary/aromatic N) is 2. The molecule has 5 rings (SSSR count). The SMILES string of the molecule is Cc1cccc(C2C(C(=O)c3cc4cc(Br)ccc4o3)=C(O)C(=O)N2c2ccc(N(C)C)cc2)c1. The number of halogens is 1. The van der Waals surface area contributed by atoms with Crippen LogP contribution >= 0.6 is 15.9 Å². The molecule has 0 saturated heterocycles. The van der Waals surface area contributed by atoms with Crippen LogP contribution in [-0.4, -0.2) is 30.9 Å².